The highest BCUT2D eigenvalue weighted by Crippen LogP contribution is 2.31. The lowest BCUT2D eigenvalue weighted by Gasteiger charge is -2.22. The molecule has 1 aliphatic heterocycles. The Labute approximate surface area is 98.7 Å². The van der Waals surface area contributed by atoms with Gasteiger partial charge in [0.2, 0.25) is 0 Å². The zero-order chi connectivity index (χ0) is 13.0. The molecule has 11 heteroatoms. The summed E-state index contributed by atoms with van der Waals surface area (Å²) < 4.78 is 0. The minimum atomic E-state index is -1.31. The average Bonchev–Trinajstić information content (AvgIpc) is 2.54. The van der Waals surface area contributed by atoms with E-state index >= 15 is 0 Å². The van der Waals surface area contributed by atoms with Gasteiger partial charge in [-0.25, -0.2) is 0 Å². The predicted octanol–water partition coefficient (Wildman–Crippen LogP) is -1.39. The Balaban J connectivity index is 2.61. The van der Waals surface area contributed by atoms with Crippen molar-refractivity contribution in [3.05, 3.63) is 20.2 Å². The molecular weight excluding hydrogens is 260 g/mol. The number of hydrogen-bond donors (Lipinski definition) is 2. The van der Waals surface area contributed by atoms with E-state index in [0.717, 1.165) is 11.8 Å². The number of rotatable bonds is 6. The molecule has 10 nitrogen and oxygen atoms in total. The van der Waals surface area contributed by atoms with Gasteiger partial charge in [-0.05, 0) is 0 Å². The van der Waals surface area contributed by atoms with Gasteiger partial charge in [-0.3, -0.25) is 0 Å². The van der Waals surface area contributed by atoms with E-state index in [1.165, 1.54) is 0 Å². The SMILES string of the molecule is O=[N+]([O-])OCC(O[N+](=O)[O-])C1SCC(O)C1O. The lowest BCUT2D eigenvalue weighted by atomic mass is 10.1. The molecule has 1 aliphatic rings. The Morgan fingerprint density at radius 2 is 2.00 bits per heavy atom. The van der Waals surface area contributed by atoms with Gasteiger partial charge in [0, 0.05) is 5.75 Å². The zero-order valence-electron chi connectivity index (χ0n) is 8.37. The summed E-state index contributed by atoms with van der Waals surface area (Å²) in [7, 11) is 0. The van der Waals surface area contributed by atoms with Gasteiger partial charge >= 0.3 is 0 Å². The molecule has 0 spiro atoms. The largest absolute Gasteiger partial charge is 0.390 e. The van der Waals surface area contributed by atoms with E-state index in [1.54, 1.807) is 0 Å². The van der Waals surface area contributed by atoms with Crippen LogP contribution in [-0.2, 0) is 9.68 Å². The van der Waals surface area contributed by atoms with Crippen molar-refractivity contribution in [3.63, 3.8) is 0 Å². The summed E-state index contributed by atoms with van der Waals surface area (Å²) in [6.45, 7) is -0.685. The van der Waals surface area contributed by atoms with E-state index in [9.17, 15) is 30.4 Å². The van der Waals surface area contributed by atoms with E-state index in [4.69, 9.17) is 0 Å². The number of aliphatic hydroxyl groups is 2. The smallest absolute Gasteiger partial charge is 0.294 e. The lowest BCUT2D eigenvalue weighted by molar-refractivity contribution is -0.790. The van der Waals surface area contributed by atoms with Gasteiger partial charge in [0.05, 0.1) is 17.5 Å². The fraction of sp³-hybridized carbons (Fsp3) is 1.00. The molecular formula is C6H10N2O8S. The molecule has 1 rings (SSSR count). The molecule has 0 aromatic rings. The molecule has 0 aliphatic carbocycles. The van der Waals surface area contributed by atoms with Crippen LogP contribution in [0.2, 0.25) is 0 Å². The monoisotopic (exact) mass is 270 g/mol. The molecule has 98 valence electrons. The summed E-state index contributed by atoms with van der Waals surface area (Å²) in [5, 5.41) is 35.9. The Hall–Kier alpha value is -1.33. The summed E-state index contributed by atoms with van der Waals surface area (Å²) >= 11 is 1.03. The van der Waals surface area contributed by atoms with Crippen molar-refractivity contribution in [1.29, 1.82) is 0 Å². The van der Waals surface area contributed by atoms with E-state index < -0.39 is 40.3 Å². The molecule has 1 fully saturated rings. The second-order valence-corrected chi connectivity index (χ2v) is 4.45. The first kappa shape index (κ1) is 13.7. The third kappa shape index (κ3) is 3.87. The fourth-order valence-electron chi connectivity index (χ4n) is 1.38. The summed E-state index contributed by atoms with van der Waals surface area (Å²) in [4.78, 5) is 28.4. The van der Waals surface area contributed by atoms with Gasteiger partial charge < -0.3 is 19.9 Å². The zero-order valence-corrected chi connectivity index (χ0v) is 9.19. The van der Waals surface area contributed by atoms with Crippen molar-refractivity contribution in [2.24, 2.45) is 0 Å². The first-order chi connectivity index (χ1) is 7.91. The Bertz CT molecular complexity index is 302. The molecule has 4 atom stereocenters. The van der Waals surface area contributed by atoms with Crippen LogP contribution in [0.5, 0.6) is 0 Å². The fourth-order valence-corrected chi connectivity index (χ4v) is 2.72. The second-order valence-electron chi connectivity index (χ2n) is 3.24. The van der Waals surface area contributed by atoms with Crippen LogP contribution >= 0.6 is 11.8 Å². The molecule has 0 bridgehead atoms. The minimum absolute atomic E-state index is 0.169. The highest BCUT2D eigenvalue weighted by molar-refractivity contribution is 8.00. The molecule has 1 heterocycles. The van der Waals surface area contributed by atoms with Crippen molar-refractivity contribution in [3.8, 4) is 0 Å². The Kier molecular flexibility index (Phi) is 4.72. The first-order valence-corrected chi connectivity index (χ1v) is 5.53. The maximum atomic E-state index is 10.2. The van der Waals surface area contributed by atoms with Crippen LogP contribution in [-0.4, -0.2) is 56.3 Å². The molecule has 0 amide bonds. The normalized spacial score (nSPS) is 29.6. The van der Waals surface area contributed by atoms with Gasteiger partial charge in [0.15, 0.2) is 0 Å². The van der Waals surface area contributed by atoms with Gasteiger partial charge in [-0.1, -0.05) is 0 Å². The third-order valence-corrected chi connectivity index (χ3v) is 3.62. The topological polar surface area (TPSA) is 145 Å². The highest BCUT2D eigenvalue weighted by atomic mass is 32.2. The Morgan fingerprint density at radius 3 is 2.41 bits per heavy atom. The van der Waals surface area contributed by atoms with Crippen molar-refractivity contribution in [2.75, 3.05) is 12.4 Å². The van der Waals surface area contributed by atoms with E-state index in [1.807, 2.05) is 0 Å². The molecule has 0 aromatic carbocycles. The Morgan fingerprint density at radius 1 is 1.35 bits per heavy atom. The van der Waals surface area contributed by atoms with E-state index in [2.05, 4.69) is 9.68 Å². The van der Waals surface area contributed by atoms with Gasteiger partial charge in [-0.2, -0.15) is 11.8 Å². The van der Waals surface area contributed by atoms with Crippen LogP contribution in [0.25, 0.3) is 0 Å². The quantitative estimate of drug-likeness (QED) is 0.439. The number of thioether (sulfide) groups is 1. The van der Waals surface area contributed by atoms with Crippen LogP contribution in [0.15, 0.2) is 0 Å². The summed E-state index contributed by atoms with van der Waals surface area (Å²) in [5.41, 5.74) is 0. The lowest BCUT2D eigenvalue weighted by Crippen LogP contribution is -2.42. The number of hydrogen-bond acceptors (Lipinski definition) is 9. The molecule has 17 heavy (non-hydrogen) atoms. The van der Waals surface area contributed by atoms with Crippen molar-refractivity contribution >= 4 is 11.8 Å². The number of nitrogens with zero attached hydrogens (tertiary/aromatic N) is 2. The molecule has 0 saturated carbocycles. The predicted molar refractivity (Wildman–Crippen MR) is 53.1 cm³/mol. The van der Waals surface area contributed by atoms with E-state index in [-0.39, 0.29) is 5.75 Å². The first-order valence-electron chi connectivity index (χ1n) is 4.48. The highest BCUT2D eigenvalue weighted by Gasteiger charge is 2.41. The van der Waals surface area contributed by atoms with Gasteiger partial charge in [0.1, 0.15) is 12.7 Å². The van der Waals surface area contributed by atoms with Crippen LogP contribution < -0.4 is 0 Å². The summed E-state index contributed by atoms with van der Waals surface area (Å²) in [6.07, 6.45) is -3.61. The van der Waals surface area contributed by atoms with Crippen LogP contribution in [0.4, 0.5) is 0 Å². The van der Waals surface area contributed by atoms with E-state index in [0.29, 0.717) is 0 Å². The summed E-state index contributed by atoms with van der Waals surface area (Å²) in [6, 6.07) is 0. The minimum Gasteiger partial charge on any atom is -0.390 e. The van der Waals surface area contributed by atoms with Crippen molar-refractivity contribution in [1.82, 2.24) is 0 Å². The van der Waals surface area contributed by atoms with Crippen molar-refractivity contribution < 1.29 is 30.1 Å². The van der Waals surface area contributed by atoms with Crippen LogP contribution in [0.3, 0.4) is 0 Å². The van der Waals surface area contributed by atoms with Crippen LogP contribution in [0, 0.1) is 20.2 Å². The molecule has 0 aromatic heterocycles. The summed E-state index contributed by atoms with van der Waals surface area (Å²) in [5.74, 6) is 0.169. The second kappa shape index (κ2) is 5.84. The van der Waals surface area contributed by atoms with Gasteiger partial charge in [-0.15, -0.1) is 20.2 Å². The average molecular weight is 270 g/mol. The number of aliphatic hydroxyl groups excluding tert-OH is 2. The maximum Gasteiger partial charge on any atom is 0.294 e. The van der Waals surface area contributed by atoms with Crippen molar-refractivity contribution in [2.45, 2.75) is 23.6 Å². The molecule has 0 radical (unpaired) electrons. The molecule has 1 saturated heterocycles. The van der Waals surface area contributed by atoms with Crippen LogP contribution in [0.1, 0.15) is 0 Å². The molecule has 4 unspecified atom stereocenters. The standard InChI is InChI=1S/C6H10N2O8S/c9-3-2-17-6(5(3)10)4(16-8(13)14)1-15-7(11)12/h3-6,9-10H,1-2H2. The molecule has 2 N–H and O–H groups in total. The third-order valence-electron chi connectivity index (χ3n) is 2.12. The maximum absolute atomic E-state index is 10.2. The van der Waals surface area contributed by atoms with Gasteiger partial charge in [0.25, 0.3) is 10.2 Å².